The van der Waals surface area contributed by atoms with E-state index in [1.165, 1.54) is 18.3 Å². The number of nitrogens with one attached hydrogen (secondary N) is 2. The number of aromatic hydroxyl groups is 1. The Bertz CT molecular complexity index is 527. The van der Waals surface area contributed by atoms with E-state index in [2.05, 4.69) is 32.3 Å². The minimum atomic E-state index is 0.0951. The van der Waals surface area contributed by atoms with Gasteiger partial charge in [0.1, 0.15) is 5.82 Å². The van der Waals surface area contributed by atoms with Gasteiger partial charge >= 0.3 is 0 Å². The van der Waals surface area contributed by atoms with Crippen LogP contribution in [0.1, 0.15) is 6.42 Å². The van der Waals surface area contributed by atoms with Gasteiger partial charge < -0.3 is 20.3 Å². The van der Waals surface area contributed by atoms with Crippen molar-refractivity contribution in [3.05, 3.63) is 30.5 Å². The van der Waals surface area contributed by atoms with Crippen LogP contribution in [0, 0.1) is 0 Å². The highest BCUT2D eigenvalue weighted by molar-refractivity contribution is 5.61. The molecular weight excluding hydrogens is 240 g/mol. The van der Waals surface area contributed by atoms with Gasteiger partial charge in [-0.15, -0.1) is 0 Å². The quantitative estimate of drug-likeness (QED) is 0.765. The van der Waals surface area contributed by atoms with Gasteiger partial charge in [0, 0.05) is 30.9 Å². The monoisotopic (exact) mass is 258 g/mol. The molecule has 1 aromatic carbocycles. The number of aromatic amines is 1. The Labute approximate surface area is 112 Å². The average molecular weight is 258 g/mol. The molecule has 1 saturated heterocycles. The average Bonchev–Trinajstić information content (AvgIpc) is 2.72. The van der Waals surface area contributed by atoms with Crippen LogP contribution in [0.5, 0.6) is 5.88 Å². The summed E-state index contributed by atoms with van der Waals surface area (Å²) in [6.07, 6.45) is 2.59. The van der Waals surface area contributed by atoms with E-state index < -0.39 is 0 Å². The maximum absolute atomic E-state index is 9.27. The van der Waals surface area contributed by atoms with E-state index >= 15 is 0 Å². The lowest BCUT2D eigenvalue weighted by molar-refractivity contribution is 0.457. The molecule has 1 aliphatic rings. The Morgan fingerprint density at radius 1 is 1.11 bits per heavy atom. The smallest absolute Gasteiger partial charge is 0.208 e. The predicted octanol–water partition coefficient (Wildman–Crippen LogP) is 1.58. The summed E-state index contributed by atoms with van der Waals surface area (Å²) >= 11 is 0. The Morgan fingerprint density at radius 3 is 2.68 bits per heavy atom. The molecule has 1 aliphatic heterocycles. The molecule has 0 radical (unpaired) electrons. The second kappa shape index (κ2) is 5.32. The van der Waals surface area contributed by atoms with Crippen molar-refractivity contribution in [2.75, 3.05) is 31.1 Å². The Balaban J connectivity index is 1.78. The van der Waals surface area contributed by atoms with Crippen LogP contribution in [0.15, 0.2) is 30.5 Å². The van der Waals surface area contributed by atoms with Gasteiger partial charge in [-0.05, 0) is 37.2 Å². The van der Waals surface area contributed by atoms with Gasteiger partial charge in [-0.1, -0.05) is 0 Å². The zero-order chi connectivity index (χ0) is 13.1. The van der Waals surface area contributed by atoms with Crippen molar-refractivity contribution in [3.8, 4) is 17.3 Å². The highest BCUT2D eigenvalue weighted by atomic mass is 16.3. The predicted molar refractivity (Wildman–Crippen MR) is 75.4 cm³/mol. The molecule has 3 N–H and O–H groups in total. The molecule has 1 fully saturated rings. The summed E-state index contributed by atoms with van der Waals surface area (Å²) in [5.74, 6) is 0.791. The molecule has 100 valence electrons. The van der Waals surface area contributed by atoms with Gasteiger partial charge in [-0.2, -0.15) is 0 Å². The van der Waals surface area contributed by atoms with Gasteiger partial charge in [-0.3, -0.25) is 0 Å². The van der Waals surface area contributed by atoms with Gasteiger partial charge in [-0.25, -0.2) is 4.98 Å². The minimum absolute atomic E-state index is 0.0951. The van der Waals surface area contributed by atoms with E-state index in [9.17, 15) is 5.11 Å². The SMILES string of the molecule is Oc1cnc(-c2ccc(N3CCCNCC3)cc2)[nH]1. The molecule has 0 spiro atoms. The van der Waals surface area contributed by atoms with Crippen molar-refractivity contribution < 1.29 is 5.11 Å². The first-order chi connectivity index (χ1) is 9.33. The van der Waals surface area contributed by atoms with Crippen molar-refractivity contribution in [1.82, 2.24) is 15.3 Å². The van der Waals surface area contributed by atoms with Crippen LogP contribution < -0.4 is 10.2 Å². The summed E-state index contributed by atoms with van der Waals surface area (Å²) in [6, 6.07) is 8.29. The second-order valence-electron chi connectivity index (χ2n) is 4.75. The third kappa shape index (κ3) is 2.71. The van der Waals surface area contributed by atoms with Gasteiger partial charge in [0.2, 0.25) is 5.88 Å². The van der Waals surface area contributed by atoms with Crippen LogP contribution in [0.4, 0.5) is 5.69 Å². The molecule has 0 atom stereocenters. The molecule has 0 unspecified atom stereocenters. The second-order valence-corrected chi connectivity index (χ2v) is 4.75. The van der Waals surface area contributed by atoms with E-state index in [1.807, 2.05) is 12.1 Å². The molecular formula is C14H18N4O. The van der Waals surface area contributed by atoms with Crippen molar-refractivity contribution in [2.24, 2.45) is 0 Å². The van der Waals surface area contributed by atoms with E-state index in [-0.39, 0.29) is 5.88 Å². The number of rotatable bonds is 2. The third-order valence-electron chi connectivity index (χ3n) is 3.41. The van der Waals surface area contributed by atoms with Crippen LogP contribution in [0.2, 0.25) is 0 Å². The third-order valence-corrected chi connectivity index (χ3v) is 3.41. The Kier molecular flexibility index (Phi) is 3.37. The van der Waals surface area contributed by atoms with Crippen LogP contribution in [-0.4, -0.2) is 41.3 Å². The molecule has 1 aromatic heterocycles. The summed E-state index contributed by atoms with van der Waals surface area (Å²) in [5.41, 5.74) is 2.22. The standard InChI is InChI=1S/C14H18N4O/c19-13-10-16-14(17-13)11-2-4-12(5-3-11)18-8-1-6-15-7-9-18/h2-5,10,15,19H,1,6-9H2,(H,16,17). The molecule has 5 nitrogen and oxygen atoms in total. The topological polar surface area (TPSA) is 64.2 Å². The van der Waals surface area contributed by atoms with Crippen LogP contribution in [0.3, 0.4) is 0 Å². The number of imidazole rings is 1. The van der Waals surface area contributed by atoms with Crippen LogP contribution >= 0.6 is 0 Å². The normalized spacial score (nSPS) is 16.3. The number of aromatic nitrogens is 2. The number of benzene rings is 1. The molecule has 19 heavy (non-hydrogen) atoms. The molecule has 5 heteroatoms. The number of hydrogen-bond donors (Lipinski definition) is 3. The molecule has 0 bridgehead atoms. The Morgan fingerprint density at radius 2 is 1.95 bits per heavy atom. The van der Waals surface area contributed by atoms with E-state index in [0.717, 1.165) is 31.7 Å². The molecule has 3 rings (SSSR count). The largest absolute Gasteiger partial charge is 0.493 e. The van der Waals surface area contributed by atoms with E-state index in [0.29, 0.717) is 5.82 Å². The lowest BCUT2D eigenvalue weighted by atomic mass is 10.2. The summed E-state index contributed by atoms with van der Waals surface area (Å²) in [4.78, 5) is 9.33. The zero-order valence-electron chi connectivity index (χ0n) is 10.8. The van der Waals surface area contributed by atoms with Crippen LogP contribution in [0.25, 0.3) is 11.4 Å². The van der Waals surface area contributed by atoms with Crippen molar-refractivity contribution >= 4 is 5.69 Å². The summed E-state index contributed by atoms with van der Waals surface area (Å²) in [7, 11) is 0. The Hall–Kier alpha value is -2.01. The lowest BCUT2D eigenvalue weighted by Gasteiger charge is -2.22. The summed E-state index contributed by atoms with van der Waals surface area (Å²) in [6.45, 7) is 4.27. The van der Waals surface area contributed by atoms with Crippen LogP contribution in [-0.2, 0) is 0 Å². The maximum Gasteiger partial charge on any atom is 0.208 e. The number of nitrogens with zero attached hydrogens (tertiary/aromatic N) is 2. The first kappa shape index (κ1) is 12.0. The van der Waals surface area contributed by atoms with Gasteiger partial charge in [0.15, 0.2) is 0 Å². The fraction of sp³-hybridized carbons (Fsp3) is 0.357. The van der Waals surface area contributed by atoms with Crippen molar-refractivity contribution in [2.45, 2.75) is 6.42 Å². The lowest BCUT2D eigenvalue weighted by Crippen LogP contribution is -2.27. The van der Waals surface area contributed by atoms with E-state index in [4.69, 9.17) is 0 Å². The summed E-state index contributed by atoms with van der Waals surface area (Å²) in [5, 5.41) is 12.7. The first-order valence-corrected chi connectivity index (χ1v) is 6.63. The number of anilines is 1. The molecule has 0 amide bonds. The summed E-state index contributed by atoms with van der Waals surface area (Å²) < 4.78 is 0. The maximum atomic E-state index is 9.27. The minimum Gasteiger partial charge on any atom is -0.493 e. The van der Waals surface area contributed by atoms with Crippen molar-refractivity contribution in [3.63, 3.8) is 0 Å². The van der Waals surface area contributed by atoms with E-state index in [1.54, 1.807) is 0 Å². The molecule has 2 heterocycles. The van der Waals surface area contributed by atoms with Gasteiger partial charge in [0.25, 0.3) is 0 Å². The molecule has 0 aliphatic carbocycles. The zero-order valence-corrected chi connectivity index (χ0v) is 10.8. The fourth-order valence-corrected chi connectivity index (χ4v) is 2.39. The number of hydrogen-bond acceptors (Lipinski definition) is 4. The molecule has 2 aromatic rings. The number of H-pyrrole nitrogens is 1. The highest BCUT2D eigenvalue weighted by Gasteiger charge is 2.10. The highest BCUT2D eigenvalue weighted by Crippen LogP contribution is 2.22. The fourth-order valence-electron chi connectivity index (χ4n) is 2.39. The molecule has 0 saturated carbocycles. The van der Waals surface area contributed by atoms with Gasteiger partial charge in [0.05, 0.1) is 6.20 Å². The van der Waals surface area contributed by atoms with Crippen molar-refractivity contribution in [1.29, 1.82) is 0 Å². The first-order valence-electron chi connectivity index (χ1n) is 6.63.